The largest absolute Gasteiger partial charge is 0.437 e. The van der Waals surface area contributed by atoms with Crippen LogP contribution in [0.5, 0.6) is 11.6 Å². The van der Waals surface area contributed by atoms with E-state index in [1.165, 1.54) is 0 Å². The molecule has 106 valence electrons. The minimum atomic E-state index is 0.432. The maximum absolute atomic E-state index is 6.12. The molecule has 0 aliphatic heterocycles. The van der Waals surface area contributed by atoms with Crippen LogP contribution in [0.15, 0.2) is 34.8 Å². The number of hydrogen-bond donors (Lipinski definition) is 0. The molecule has 0 aliphatic rings. The highest BCUT2D eigenvalue weighted by molar-refractivity contribution is 9.10. The lowest BCUT2D eigenvalue weighted by atomic mass is 10.2. The van der Waals surface area contributed by atoms with Crippen molar-refractivity contribution in [1.82, 2.24) is 4.98 Å². The number of nitrogens with zero attached hydrogens (tertiary/aromatic N) is 1. The van der Waals surface area contributed by atoms with E-state index in [0.717, 1.165) is 28.6 Å². The van der Waals surface area contributed by atoms with Crippen LogP contribution in [0.2, 0.25) is 5.02 Å². The zero-order chi connectivity index (χ0) is 14.5. The maximum atomic E-state index is 6.12. The summed E-state index contributed by atoms with van der Waals surface area (Å²) >= 11 is 15.4. The van der Waals surface area contributed by atoms with E-state index in [-0.39, 0.29) is 0 Å². The molecule has 2 nitrogen and oxygen atoms in total. The van der Waals surface area contributed by atoms with E-state index in [2.05, 4.69) is 27.8 Å². The van der Waals surface area contributed by atoms with Crippen molar-refractivity contribution in [3.63, 3.8) is 0 Å². The van der Waals surface area contributed by atoms with E-state index in [4.69, 9.17) is 27.9 Å². The molecule has 2 aromatic rings. The summed E-state index contributed by atoms with van der Waals surface area (Å²) in [5.74, 6) is 1.52. The van der Waals surface area contributed by atoms with Crippen molar-refractivity contribution in [3.05, 3.63) is 51.1 Å². The van der Waals surface area contributed by atoms with Crippen LogP contribution in [0.4, 0.5) is 0 Å². The van der Waals surface area contributed by atoms with Crippen LogP contribution in [-0.2, 0) is 12.3 Å². The zero-order valence-corrected chi connectivity index (χ0v) is 14.1. The zero-order valence-electron chi connectivity index (χ0n) is 11.0. The summed E-state index contributed by atoms with van der Waals surface area (Å²) in [6.45, 7) is 2.11. The predicted molar refractivity (Wildman–Crippen MR) is 87.0 cm³/mol. The Morgan fingerprint density at radius 3 is 2.75 bits per heavy atom. The van der Waals surface area contributed by atoms with Crippen LogP contribution in [0.1, 0.15) is 24.6 Å². The van der Waals surface area contributed by atoms with Crippen LogP contribution < -0.4 is 4.74 Å². The van der Waals surface area contributed by atoms with Gasteiger partial charge in [0.05, 0.1) is 5.02 Å². The van der Waals surface area contributed by atoms with Gasteiger partial charge < -0.3 is 4.74 Å². The Morgan fingerprint density at radius 1 is 1.25 bits per heavy atom. The number of aryl methyl sites for hydroxylation is 1. The Balaban J connectivity index is 2.32. The first kappa shape index (κ1) is 15.6. The molecular formula is C15H14BrCl2NO. The quantitative estimate of drug-likeness (QED) is 0.600. The van der Waals surface area contributed by atoms with Gasteiger partial charge in [-0.3, -0.25) is 0 Å². The Kier molecular flexibility index (Phi) is 5.70. The summed E-state index contributed by atoms with van der Waals surface area (Å²) < 4.78 is 6.69. The van der Waals surface area contributed by atoms with Crippen molar-refractivity contribution < 1.29 is 4.74 Å². The van der Waals surface area contributed by atoms with Crippen molar-refractivity contribution in [2.75, 3.05) is 0 Å². The van der Waals surface area contributed by atoms with E-state index >= 15 is 0 Å². The highest BCUT2D eigenvalue weighted by Gasteiger charge is 2.08. The van der Waals surface area contributed by atoms with E-state index < -0.39 is 0 Å². The fourth-order valence-electron chi connectivity index (χ4n) is 1.80. The number of aromatic nitrogens is 1. The molecule has 0 bridgehead atoms. The number of rotatable bonds is 5. The Labute approximate surface area is 137 Å². The van der Waals surface area contributed by atoms with E-state index in [1.807, 2.05) is 24.3 Å². The molecule has 0 fully saturated rings. The minimum Gasteiger partial charge on any atom is -0.437 e. The number of halogens is 3. The number of ether oxygens (including phenoxy) is 1. The molecule has 5 heteroatoms. The normalized spacial score (nSPS) is 10.6. The van der Waals surface area contributed by atoms with E-state index in [0.29, 0.717) is 22.5 Å². The monoisotopic (exact) mass is 373 g/mol. The lowest BCUT2D eigenvalue weighted by molar-refractivity contribution is 0.460. The van der Waals surface area contributed by atoms with Crippen LogP contribution in [0.25, 0.3) is 0 Å². The molecule has 0 atom stereocenters. The fraction of sp³-hybridized carbons (Fsp3) is 0.267. The van der Waals surface area contributed by atoms with Crippen LogP contribution in [-0.4, -0.2) is 4.98 Å². The molecule has 0 amide bonds. The molecule has 1 aromatic heterocycles. The van der Waals surface area contributed by atoms with Gasteiger partial charge in [0, 0.05) is 22.1 Å². The minimum absolute atomic E-state index is 0.432. The van der Waals surface area contributed by atoms with Gasteiger partial charge >= 0.3 is 0 Å². The number of pyridine rings is 1. The summed E-state index contributed by atoms with van der Waals surface area (Å²) in [6, 6.07) is 9.30. The molecule has 0 unspecified atom stereocenters. The van der Waals surface area contributed by atoms with Gasteiger partial charge in [-0.15, -0.1) is 11.6 Å². The molecular weight excluding hydrogens is 361 g/mol. The smallest absolute Gasteiger partial charge is 0.219 e. The molecule has 1 heterocycles. The molecule has 0 saturated heterocycles. The Hall–Kier alpha value is -0.770. The summed E-state index contributed by atoms with van der Waals surface area (Å²) in [5, 5.41) is 0.545. The van der Waals surface area contributed by atoms with Gasteiger partial charge in [0.1, 0.15) is 5.75 Å². The summed E-state index contributed by atoms with van der Waals surface area (Å²) in [4.78, 5) is 4.48. The summed E-state index contributed by atoms with van der Waals surface area (Å²) in [6.07, 6.45) is 1.92. The second-order valence-corrected chi connectivity index (χ2v) is 5.96. The fourth-order valence-corrected chi connectivity index (χ4v) is 2.45. The van der Waals surface area contributed by atoms with Gasteiger partial charge in [-0.05, 0) is 36.2 Å². The van der Waals surface area contributed by atoms with Gasteiger partial charge in [-0.1, -0.05) is 40.9 Å². The van der Waals surface area contributed by atoms with Crippen molar-refractivity contribution in [1.29, 1.82) is 0 Å². The highest BCUT2D eigenvalue weighted by Crippen LogP contribution is 2.31. The SMILES string of the molecule is CCCc1cc(CCl)cc(Oc2cc(Br)ccc2Cl)n1. The molecule has 0 aliphatic carbocycles. The molecule has 0 saturated carbocycles. The van der Waals surface area contributed by atoms with Gasteiger partial charge in [-0.2, -0.15) is 0 Å². The summed E-state index contributed by atoms with van der Waals surface area (Å²) in [7, 11) is 0. The van der Waals surface area contributed by atoms with Gasteiger partial charge in [0.25, 0.3) is 0 Å². The second-order valence-electron chi connectivity index (χ2n) is 4.37. The van der Waals surface area contributed by atoms with Gasteiger partial charge in [-0.25, -0.2) is 4.98 Å². The third-order valence-corrected chi connectivity index (χ3v) is 3.80. The molecule has 20 heavy (non-hydrogen) atoms. The molecule has 0 N–H and O–H groups in total. The standard InChI is InChI=1S/C15H14BrCl2NO/c1-2-3-12-6-10(9-17)7-15(19-12)20-14-8-11(16)4-5-13(14)18/h4-8H,2-3,9H2,1H3. The third-order valence-electron chi connectivity index (χ3n) is 2.68. The number of benzene rings is 1. The van der Waals surface area contributed by atoms with Crippen molar-refractivity contribution in [2.24, 2.45) is 0 Å². The highest BCUT2D eigenvalue weighted by atomic mass is 79.9. The first-order valence-electron chi connectivity index (χ1n) is 6.31. The summed E-state index contributed by atoms with van der Waals surface area (Å²) in [5.41, 5.74) is 1.97. The second kappa shape index (κ2) is 7.30. The van der Waals surface area contributed by atoms with Crippen LogP contribution in [0, 0.1) is 0 Å². The van der Waals surface area contributed by atoms with Gasteiger partial charge in [0.15, 0.2) is 0 Å². The molecule has 1 aromatic carbocycles. The van der Waals surface area contributed by atoms with Crippen molar-refractivity contribution >= 4 is 39.1 Å². The topological polar surface area (TPSA) is 22.1 Å². The van der Waals surface area contributed by atoms with Crippen molar-refractivity contribution in [2.45, 2.75) is 25.6 Å². The maximum Gasteiger partial charge on any atom is 0.219 e. The van der Waals surface area contributed by atoms with Crippen molar-refractivity contribution in [3.8, 4) is 11.6 Å². The van der Waals surface area contributed by atoms with E-state index in [9.17, 15) is 0 Å². The van der Waals surface area contributed by atoms with Gasteiger partial charge in [0.2, 0.25) is 5.88 Å². The van der Waals surface area contributed by atoms with E-state index in [1.54, 1.807) is 6.07 Å². The molecule has 0 spiro atoms. The molecule has 2 rings (SSSR count). The average molecular weight is 375 g/mol. The number of alkyl halides is 1. The lowest BCUT2D eigenvalue weighted by Crippen LogP contribution is -1.96. The van der Waals surface area contributed by atoms with Crippen LogP contribution in [0.3, 0.4) is 0 Å². The lowest BCUT2D eigenvalue weighted by Gasteiger charge is -2.10. The Bertz CT molecular complexity index is 604. The average Bonchev–Trinajstić information content (AvgIpc) is 2.43. The Morgan fingerprint density at radius 2 is 2.05 bits per heavy atom. The van der Waals surface area contributed by atoms with Crippen LogP contribution >= 0.6 is 39.1 Å². The molecule has 0 radical (unpaired) electrons. The number of hydrogen-bond acceptors (Lipinski definition) is 2. The third kappa shape index (κ3) is 4.11. The first-order valence-corrected chi connectivity index (χ1v) is 8.01. The predicted octanol–water partition coefficient (Wildman–Crippen LogP) is 5.98. The first-order chi connectivity index (χ1) is 9.62.